The molecule has 0 radical (unpaired) electrons. The molecule has 0 aliphatic carbocycles. The number of anilines is 1. The van der Waals surface area contributed by atoms with Crippen molar-refractivity contribution in [3.63, 3.8) is 0 Å². The predicted molar refractivity (Wildman–Crippen MR) is 110 cm³/mol. The minimum absolute atomic E-state index is 0.0725. The number of alkyl halides is 3. The van der Waals surface area contributed by atoms with Crippen molar-refractivity contribution in [2.75, 3.05) is 18.5 Å². The minimum Gasteiger partial charge on any atom is -0.490 e. The van der Waals surface area contributed by atoms with Crippen LogP contribution < -0.4 is 14.8 Å². The van der Waals surface area contributed by atoms with Crippen molar-refractivity contribution in [2.24, 2.45) is 0 Å². The summed E-state index contributed by atoms with van der Waals surface area (Å²) in [6.07, 6.45) is -3.23. The van der Waals surface area contributed by atoms with Gasteiger partial charge in [0.15, 0.2) is 11.5 Å². The first kappa shape index (κ1) is 23.3. The maximum Gasteiger partial charge on any atom is 0.416 e. The van der Waals surface area contributed by atoms with Crippen molar-refractivity contribution in [1.82, 2.24) is 0 Å². The molecule has 2 aromatic carbocycles. The molecular formula is C21H18BrF3N2O3. The lowest BCUT2D eigenvalue weighted by Crippen LogP contribution is -2.14. The van der Waals surface area contributed by atoms with Crippen molar-refractivity contribution in [3.8, 4) is 17.6 Å². The third-order valence-corrected chi connectivity index (χ3v) is 4.46. The molecule has 0 saturated carbocycles. The molecule has 1 N–H and O–H groups in total. The molecule has 0 fully saturated rings. The van der Waals surface area contributed by atoms with E-state index < -0.39 is 17.6 Å². The van der Waals surface area contributed by atoms with Gasteiger partial charge in [-0.25, -0.2) is 0 Å². The van der Waals surface area contributed by atoms with Crippen LogP contribution in [0.5, 0.6) is 11.5 Å². The second kappa shape index (κ2) is 10.2. The van der Waals surface area contributed by atoms with Crippen LogP contribution in [0.2, 0.25) is 0 Å². The number of benzene rings is 2. The van der Waals surface area contributed by atoms with Crippen LogP contribution in [-0.2, 0) is 11.0 Å². The zero-order valence-corrected chi connectivity index (χ0v) is 17.7. The van der Waals surface area contributed by atoms with Crippen LogP contribution in [0.4, 0.5) is 18.9 Å². The fourth-order valence-corrected chi connectivity index (χ4v) is 2.91. The van der Waals surface area contributed by atoms with Crippen LogP contribution in [0.1, 0.15) is 25.0 Å². The molecule has 158 valence electrons. The second-order valence-electron chi connectivity index (χ2n) is 5.89. The van der Waals surface area contributed by atoms with Crippen molar-refractivity contribution in [1.29, 1.82) is 5.26 Å². The van der Waals surface area contributed by atoms with E-state index >= 15 is 0 Å². The number of nitrogens with zero attached hydrogens (tertiary/aromatic N) is 1. The number of hydrogen-bond acceptors (Lipinski definition) is 4. The van der Waals surface area contributed by atoms with Crippen molar-refractivity contribution in [2.45, 2.75) is 20.0 Å². The maximum atomic E-state index is 12.8. The van der Waals surface area contributed by atoms with Gasteiger partial charge in [-0.2, -0.15) is 18.4 Å². The predicted octanol–water partition coefficient (Wildman–Crippen LogP) is 5.81. The van der Waals surface area contributed by atoms with Crippen LogP contribution in [0.15, 0.2) is 46.4 Å². The fourth-order valence-electron chi connectivity index (χ4n) is 2.47. The summed E-state index contributed by atoms with van der Waals surface area (Å²) < 4.78 is 50.1. The maximum absolute atomic E-state index is 12.8. The summed E-state index contributed by atoms with van der Waals surface area (Å²) >= 11 is 3.36. The number of nitrogens with one attached hydrogen (secondary N) is 1. The van der Waals surface area contributed by atoms with Crippen molar-refractivity contribution < 1.29 is 27.4 Å². The van der Waals surface area contributed by atoms with E-state index in [4.69, 9.17) is 9.47 Å². The topological polar surface area (TPSA) is 71.3 Å². The third-order valence-electron chi connectivity index (χ3n) is 3.78. The summed E-state index contributed by atoms with van der Waals surface area (Å²) in [6, 6.07) is 9.20. The van der Waals surface area contributed by atoms with Gasteiger partial charge in [-0.05, 0) is 55.8 Å². The average molecular weight is 483 g/mol. The van der Waals surface area contributed by atoms with Gasteiger partial charge in [-0.1, -0.05) is 22.0 Å². The highest BCUT2D eigenvalue weighted by Crippen LogP contribution is 2.35. The lowest BCUT2D eigenvalue weighted by Gasteiger charge is -2.13. The zero-order valence-electron chi connectivity index (χ0n) is 16.1. The summed E-state index contributed by atoms with van der Waals surface area (Å²) in [4.78, 5) is 12.4. The number of halogens is 4. The molecule has 0 aliphatic heterocycles. The molecule has 0 aromatic heterocycles. The van der Waals surface area contributed by atoms with Gasteiger partial charge in [-0.3, -0.25) is 4.79 Å². The highest BCUT2D eigenvalue weighted by Gasteiger charge is 2.30. The minimum atomic E-state index is -4.54. The van der Waals surface area contributed by atoms with Gasteiger partial charge in [0.2, 0.25) is 0 Å². The molecule has 0 unspecified atom stereocenters. The summed E-state index contributed by atoms with van der Waals surface area (Å²) in [7, 11) is 0. The van der Waals surface area contributed by atoms with E-state index in [0.717, 1.165) is 12.1 Å². The number of rotatable bonds is 7. The SMILES string of the molecule is CCOc1cc(Br)c(/C=C(\C#N)C(=O)Nc2cccc(C(F)(F)F)c2)cc1OCC. The lowest BCUT2D eigenvalue weighted by atomic mass is 10.1. The molecule has 1 amide bonds. The summed E-state index contributed by atoms with van der Waals surface area (Å²) in [6.45, 7) is 4.43. The first-order chi connectivity index (χ1) is 14.2. The van der Waals surface area contributed by atoms with Gasteiger partial charge in [0.05, 0.1) is 18.8 Å². The van der Waals surface area contributed by atoms with E-state index in [2.05, 4.69) is 21.2 Å². The number of ether oxygens (including phenoxy) is 2. The van der Waals surface area contributed by atoms with Crippen LogP contribution in [0.3, 0.4) is 0 Å². The Morgan fingerprint density at radius 3 is 2.37 bits per heavy atom. The van der Waals surface area contributed by atoms with Crippen molar-refractivity contribution in [3.05, 3.63) is 57.6 Å². The number of nitriles is 1. The lowest BCUT2D eigenvalue weighted by molar-refractivity contribution is -0.137. The van der Waals surface area contributed by atoms with Gasteiger partial charge in [-0.15, -0.1) is 0 Å². The molecule has 2 aromatic rings. The van der Waals surface area contributed by atoms with E-state index in [1.165, 1.54) is 18.2 Å². The molecule has 5 nitrogen and oxygen atoms in total. The monoisotopic (exact) mass is 482 g/mol. The Bertz CT molecular complexity index is 998. The smallest absolute Gasteiger partial charge is 0.416 e. The quantitative estimate of drug-likeness (QED) is 0.399. The van der Waals surface area contributed by atoms with E-state index in [9.17, 15) is 23.2 Å². The number of carbonyl (C=O) groups excluding carboxylic acids is 1. The molecule has 0 atom stereocenters. The van der Waals surface area contributed by atoms with E-state index in [1.54, 1.807) is 25.1 Å². The molecule has 0 saturated heterocycles. The van der Waals surface area contributed by atoms with Gasteiger partial charge >= 0.3 is 6.18 Å². The van der Waals surface area contributed by atoms with Crippen LogP contribution in [-0.4, -0.2) is 19.1 Å². The molecule has 0 spiro atoms. The second-order valence-corrected chi connectivity index (χ2v) is 6.74. The van der Waals surface area contributed by atoms with Gasteiger partial charge in [0.25, 0.3) is 5.91 Å². The molecule has 2 rings (SSSR count). The first-order valence-electron chi connectivity index (χ1n) is 8.89. The molecule has 0 aliphatic rings. The Labute approximate surface area is 180 Å². The molecule has 30 heavy (non-hydrogen) atoms. The molecule has 0 bridgehead atoms. The number of carbonyl (C=O) groups is 1. The first-order valence-corrected chi connectivity index (χ1v) is 9.68. The molecule has 9 heteroatoms. The third kappa shape index (κ3) is 6.00. The highest BCUT2D eigenvalue weighted by atomic mass is 79.9. The number of hydrogen-bond donors (Lipinski definition) is 1. The Kier molecular flexibility index (Phi) is 7.89. The summed E-state index contributed by atoms with van der Waals surface area (Å²) in [5.41, 5.74) is -0.799. The van der Waals surface area contributed by atoms with Gasteiger partial charge in [0, 0.05) is 10.2 Å². The Hall–Kier alpha value is -2.99. The summed E-state index contributed by atoms with van der Waals surface area (Å²) in [5.74, 6) is 0.0928. The molecule has 0 heterocycles. The number of amides is 1. The van der Waals surface area contributed by atoms with Gasteiger partial charge in [0.1, 0.15) is 11.6 Å². The van der Waals surface area contributed by atoms with Crippen LogP contribution in [0.25, 0.3) is 6.08 Å². The van der Waals surface area contributed by atoms with Crippen molar-refractivity contribution >= 4 is 33.6 Å². The fraction of sp³-hybridized carbons (Fsp3) is 0.238. The average Bonchev–Trinajstić information content (AvgIpc) is 2.68. The molecular weight excluding hydrogens is 465 g/mol. The standard InChI is InChI=1S/C21H18BrF3N2O3/c1-3-29-18-9-13(17(22)11-19(18)30-4-2)8-14(12-26)20(28)27-16-7-5-6-15(10-16)21(23,24)25/h5-11H,3-4H2,1-2H3,(H,27,28)/b14-8+. The highest BCUT2D eigenvalue weighted by molar-refractivity contribution is 9.10. The Morgan fingerprint density at radius 1 is 1.17 bits per heavy atom. The van der Waals surface area contributed by atoms with E-state index in [0.29, 0.717) is 34.7 Å². The van der Waals surface area contributed by atoms with Crippen LogP contribution in [0, 0.1) is 11.3 Å². The van der Waals surface area contributed by atoms with E-state index in [1.807, 2.05) is 6.92 Å². The van der Waals surface area contributed by atoms with E-state index in [-0.39, 0.29) is 11.3 Å². The Morgan fingerprint density at radius 2 is 1.80 bits per heavy atom. The normalized spacial score (nSPS) is 11.6. The largest absolute Gasteiger partial charge is 0.490 e. The summed E-state index contributed by atoms with van der Waals surface area (Å²) in [5, 5.41) is 11.7. The Balaban J connectivity index is 2.34. The van der Waals surface area contributed by atoms with Gasteiger partial charge < -0.3 is 14.8 Å². The zero-order chi connectivity index (χ0) is 22.3. The van der Waals surface area contributed by atoms with Crippen LogP contribution >= 0.6 is 15.9 Å².